The molecule has 1 aliphatic carbocycles. The number of allylic oxidation sites excluding steroid dienone is 3. The normalized spacial score (nSPS) is 21.6. The molecule has 4 heteroatoms. The quantitative estimate of drug-likeness (QED) is 0.609. The largest absolute Gasteiger partial charge is 0.462 e. The Morgan fingerprint density at radius 1 is 1.22 bits per heavy atom. The highest BCUT2D eigenvalue weighted by atomic mass is 16.5. The van der Waals surface area contributed by atoms with Crippen molar-refractivity contribution in [3.05, 3.63) is 58.4 Å². The van der Waals surface area contributed by atoms with E-state index >= 15 is 0 Å². The molecule has 1 atom stereocenters. The van der Waals surface area contributed by atoms with Crippen LogP contribution in [0.3, 0.4) is 0 Å². The fraction of sp³-hybridized carbons (Fsp3) is 0.478. The zero-order valence-electron chi connectivity index (χ0n) is 16.7. The van der Waals surface area contributed by atoms with E-state index in [2.05, 4.69) is 26.1 Å². The molecule has 0 spiro atoms. The van der Waals surface area contributed by atoms with Crippen molar-refractivity contribution in [2.24, 2.45) is 5.41 Å². The zero-order chi connectivity index (χ0) is 19.6. The molecule has 1 aromatic carbocycles. The number of carbonyl (C=O) groups excluding carboxylic acids is 2. The van der Waals surface area contributed by atoms with Gasteiger partial charge in [0.1, 0.15) is 0 Å². The summed E-state index contributed by atoms with van der Waals surface area (Å²) >= 11 is 0. The van der Waals surface area contributed by atoms with Crippen LogP contribution in [0.5, 0.6) is 0 Å². The molecule has 2 aliphatic rings. The summed E-state index contributed by atoms with van der Waals surface area (Å²) in [6.07, 6.45) is 3.10. The van der Waals surface area contributed by atoms with Crippen LogP contribution in [0.1, 0.15) is 64.9 Å². The minimum absolute atomic E-state index is 0.0798. The van der Waals surface area contributed by atoms with Crippen molar-refractivity contribution < 1.29 is 14.3 Å². The van der Waals surface area contributed by atoms with Crippen LogP contribution in [0.2, 0.25) is 0 Å². The predicted molar refractivity (Wildman–Crippen MR) is 106 cm³/mol. The molecule has 1 unspecified atom stereocenters. The number of nitrogens with one attached hydrogen (secondary N) is 1. The maximum Gasteiger partial charge on any atom is 0.336 e. The number of ketones is 1. The summed E-state index contributed by atoms with van der Waals surface area (Å²) in [5.41, 5.74) is 3.91. The Kier molecular flexibility index (Phi) is 5.54. The Morgan fingerprint density at radius 3 is 2.59 bits per heavy atom. The number of ether oxygens (including phenoxy) is 1. The maximum absolute atomic E-state index is 13.1. The number of Topliss-reactive ketones (excluding diaryl/α,β-unsaturated/α-hetero) is 1. The first kappa shape index (κ1) is 19.4. The minimum atomic E-state index is -0.361. The smallest absolute Gasteiger partial charge is 0.336 e. The van der Waals surface area contributed by atoms with Gasteiger partial charge in [-0.2, -0.15) is 0 Å². The molecule has 0 saturated carbocycles. The second kappa shape index (κ2) is 7.71. The number of benzene rings is 1. The summed E-state index contributed by atoms with van der Waals surface area (Å²) < 4.78 is 5.53. The lowest BCUT2D eigenvalue weighted by atomic mass is 9.68. The number of hydrogen-bond donors (Lipinski definition) is 1. The molecule has 0 amide bonds. The first-order valence-corrected chi connectivity index (χ1v) is 9.80. The molecule has 1 heterocycles. The fourth-order valence-electron chi connectivity index (χ4n) is 4.07. The number of rotatable bonds is 5. The monoisotopic (exact) mass is 367 g/mol. The SMILES string of the molecule is CCCCOC(=O)C1=C(C)NC2=C(C(=O)CC(C)(C)C2)C1c1ccccc1. The second-order valence-electron chi connectivity index (χ2n) is 8.33. The molecule has 0 fully saturated rings. The first-order chi connectivity index (χ1) is 12.8. The van der Waals surface area contributed by atoms with Crippen LogP contribution >= 0.6 is 0 Å². The summed E-state index contributed by atoms with van der Waals surface area (Å²) in [6.45, 7) is 8.60. The molecular formula is C23H29NO3. The van der Waals surface area contributed by atoms with Gasteiger partial charge in [0.2, 0.25) is 0 Å². The van der Waals surface area contributed by atoms with Gasteiger partial charge in [0.15, 0.2) is 5.78 Å². The van der Waals surface area contributed by atoms with Gasteiger partial charge in [-0.1, -0.05) is 57.5 Å². The third-order valence-corrected chi connectivity index (χ3v) is 5.32. The molecule has 1 N–H and O–H groups in total. The van der Waals surface area contributed by atoms with Gasteiger partial charge in [-0.15, -0.1) is 0 Å². The Hall–Kier alpha value is -2.36. The molecule has 0 radical (unpaired) electrons. The summed E-state index contributed by atoms with van der Waals surface area (Å²) in [5.74, 6) is -0.569. The van der Waals surface area contributed by atoms with Gasteiger partial charge < -0.3 is 10.1 Å². The van der Waals surface area contributed by atoms with Crippen LogP contribution < -0.4 is 5.32 Å². The third kappa shape index (κ3) is 4.00. The van der Waals surface area contributed by atoms with Gasteiger partial charge in [-0.3, -0.25) is 4.79 Å². The molecule has 27 heavy (non-hydrogen) atoms. The molecule has 3 rings (SSSR count). The van der Waals surface area contributed by atoms with Gasteiger partial charge in [0.25, 0.3) is 0 Å². The van der Waals surface area contributed by atoms with Crippen molar-refractivity contribution in [1.82, 2.24) is 5.32 Å². The summed E-state index contributed by atoms with van der Waals surface area (Å²) in [5, 5.41) is 3.36. The Labute approximate surface area is 161 Å². The zero-order valence-corrected chi connectivity index (χ0v) is 16.7. The Morgan fingerprint density at radius 2 is 1.93 bits per heavy atom. The van der Waals surface area contributed by atoms with Crippen LogP contribution in [0.25, 0.3) is 0 Å². The lowest BCUT2D eigenvalue weighted by Crippen LogP contribution is -2.38. The van der Waals surface area contributed by atoms with E-state index in [9.17, 15) is 9.59 Å². The summed E-state index contributed by atoms with van der Waals surface area (Å²) in [7, 11) is 0. The standard InChI is InChI=1S/C23H29NO3/c1-5-6-12-27-22(26)19-15(2)24-17-13-23(3,4)14-18(25)21(17)20(19)16-10-8-7-9-11-16/h7-11,20,24H,5-6,12-14H2,1-4H3. The van der Waals surface area contributed by atoms with Crippen LogP contribution in [-0.2, 0) is 14.3 Å². The highest BCUT2D eigenvalue weighted by Crippen LogP contribution is 2.46. The molecule has 1 aliphatic heterocycles. The first-order valence-electron chi connectivity index (χ1n) is 9.80. The second-order valence-corrected chi connectivity index (χ2v) is 8.33. The maximum atomic E-state index is 13.1. The van der Waals surface area contributed by atoms with Gasteiger partial charge >= 0.3 is 5.97 Å². The van der Waals surface area contributed by atoms with Crippen LogP contribution in [-0.4, -0.2) is 18.4 Å². The van der Waals surface area contributed by atoms with E-state index < -0.39 is 0 Å². The molecule has 144 valence electrons. The molecular weight excluding hydrogens is 338 g/mol. The van der Waals surface area contributed by atoms with E-state index in [1.54, 1.807) is 0 Å². The molecule has 0 saturated heterocycles. The Bertz CT molecular complexity index is 802. The van der Waals surface area contributed by atoms with Gasteiger partial charge in [-0.25, -0.2) is 4.79 Å². The van der Waals surface area contributed by atoms with Gasteiger partial charge in [-0.05, 0) is 30.7 Å². The van der Waals surface area contributed by atoms with Crippen LogP contribution in [0.15, 0.2) is 52.9 Å². The van der Waals surface area contributed by atoms with Crippen LogP contribution in [0.4, 0.5) is 0 Å². The lowest BCUT2D eigenvalue weighted by molar-refractivity contribution is -0.139. The number of esters is 1. The lowest BCUT2D eigenvalue weighted by Gasteiger charge is -2.39. The van der Waals surface area contributed by atoms with Crippen molar-refractivity contribution in [2.75, 3.05) is 6.61 Å². The Balaban J connectivity index is 2.06. The van der Waals surface area contributed by atoms with E-state index in [0.29, 0.717) is 18.6 Å². The van der Waals surface area contributed by atoms with Crippen molar-refractivity contribution in [2.45, 2.75) is 59.3 Å². The van der Waals surface area contributed by atoms with E-state index in [4.69, 9.17) is 4.74 Å². The van der Waals surface area contributed by atoms with E-state index in [1.165, 1.54) is 0 Å². The summed E-state index contributed by atoms with van der Waals surface area (Å²) in [6, 6.07) is 9.82. The van der Waals surface area contributed by atoms with Gasteiger partial charge in [0.05, 0.1) is 12.2 Å². The highest BCUT2D eigenvalue weighted by molar-refractivity contribution is 6.04. The van der Waals surface area contributed by atoms with Crippen molar-refractivity contribution in [3.8, 4) is 0 Å². The number of hydrogen-bond acceptors (Lipinski definition) is 4. The predicted octanol–water partition coefficient (Wildman–Crippen LogP) is 4.63. The third-order valence-electron chi connectivity index (χ3n) is 5.32. The van der Waals surface area contributed by atoms with E-state index in [1.807, 2.05) is 37.3 Å². The van der Waals surface area contributed by atoms with E-state index in [-0.39, 0.29) is 23.1 Å². The highest BCUT2D eigenvalue weighted by Gasteiger charge is 2.42. The van der Waals surface area contributed by atoms with Crippen molar-refractivity contribution >= 4 is 11.8 Å². The van der Waals surface area contributed by atoms with Gasteiger partial charge in [0, 0.05) is 29.3 Å². The topological polar surface area (TPSA) is 55.4 Å². The fourth-order valence-corrected chi connectivity index (χ4v) is 4.07. The van der Waals surface area contributed by atoms with Crippen molar-refractivity contribution in [3.63, 3.8) is 0 Å². The van der Waals surface area contributed by atoms with Crippen LogP contribution in [0, 0.1) is 5.41 Å². The molecule has 1 aromatic rings. The average Bonchev–Trinajstić information content (AvgIpc) is 2.60. The number of dihydropyridines is 1. The number of carbonyl (C=O) groups is 2. The molecule has 0 bridgehead atoms. The summed E-state index contributed by atoms with van der Waals surface area (Å²) in [4.78, 5) is 26.0. The number of unbranched alkanes of at least 4 members (excludes halogenated alkanes) is 1. The van der Waals surface area contributed by atoms with Crippen molar-refractivity contribution in [1.29, 1.82) is 0 Å². The average molecular weight is 367 g/mol. The minimum Gasteiger partial charge on any atom is -0.462 e. The van der Waals surface area contributed by atoms with E-state index in [0.717, 1.165) is 41.8 Å². The molecule has 4 nitrogen and oxygen atoms in total. The molecule has 0 aromatic heterocycles.